The lowest BCUT2D eigenvalue weighted by molar-refractivity contribution is 0.131. The number of piperazine rings is 1. The molecule has 0 saturated carbocycles. The fourth-order valence-corrected chi connectivity index (χ4v) is 2.87. The van der Waals surface area contributed by atoms with Crippen molar-refractivity contribution in [2.75, 3.05) is 46.4 Å². The van der Waals surface area contributed by atoms with Gasteiger partial charge in [-0.1, -0.05) is 26.0 Å². The summed E-state index contributed by atoms with van der Waals surface area (Å²) in [5, 5.41) is 3.02. The van der Waals surface area contributed by atoms with E-state index in [4.69, 9.17) is 4.74 Å². The topological polar surface area (TPSA) is 44.8 Å². The van der Waals surface area contributed by atoms with Crippen molar-refractivity contribution in [3.05, 3.63) is 29.8 Å². The molecule has 0 atom stereocenters. The maximum atomic E-state index is 12.2. The van der Waals surface area contributed by atoms with E-state index in [2.05, 4.69) is 24.1 Å². The number of nitrogens with zero attached hydrogens (tertiary/aromatic N) is 2. The van der Waals surface area contributed by atoms with Crippen LogP contribution in [-0.4, -0.2) is 62.2 Å². The van der Waals surface area contributed by atoms with E-state index in [9.17, 15) is 4.79 Å². The molecule has 23 heavy (non-hydrogen) atoms. The Morgan fingerprint density at radius 1 is 1.17 bits per heavy atom. The Bertz CT molecular complexity index is 480. The Morgan fingerprint density at radius 2 is 1.83 bits per heavy atom. The molecule has 1 aromatic rings. The van der Waals surface area contributed by atoms with Crippen LogP contribution in [0.2, 0.25) is 0 Å². The molecule has 1 aliphatic heterocycles. The van der Waals surface area contributed by atoms with Gasteiger partial charge in [0.25, 0.3) is 0 Å². The zero-order valence-electron chi connectivity index (χ0n) is 14.5. The zero-order chi connectivity index (χ0) is 16.7. The molecule has 1 heterocycles. The van der Waals surface area contributed by atoms with Crippen molar-refractivity contribution in [1.29, 1.82) is 0 Å². The van der Waals surface area contributed by atoms with Crippen LogP contribution in [0.25, 0.3) is 0 Å². The van der Waals surface area contributed by atoms with Gasteiger partial charge in [-0.25, -0.2) is 4.79 Å². The summed E-state index contributed by atoms with van der Waals surface area (Å²) in [5.74, 6) is 1.54. The molecule has 1 saturated heterocycles. The van der Waals surface area contributed by atoms with Crippen LogP contribution in [0.3, 0.4) is 0 Å². The number of nitrogens with one attached hydrogen (secondary N) is 1. The number of amides is 2. The summed E-state index contributed by atoms with van der Waals surface area (Å²) in [7, 11) is 1.66. The molecular formula is C18H29N3O2. The fraction of sp³-hybridized carbons (Fsp3) is 0.611. The molecule has 1 N–H and O–H groups in total. The largest absolute Gasteiger partial charge is 0.497 e. The summed E-state index contributed by atoms with van der Waals surface area (Å²) in [5.41, 5.74) is 1.20. The molecule has 2 amide bonds. The third kappa shape index (κ3) is 5.75. The minimum atomic E-state index is 0.0581. The van der Waals surface area contributed by atoms with Gasteiger partial charge in [-0.05, 0) is 30.0 Å². The molecule has 2 rings (SSSR count). The quantitative estimate of drug-likeness (QED) is 0.874. The monoisotopic (exact) mass is 319 g/mol. The number of benzene rings is 1. The highest BCUT2D eigenvalue weighted by atomic mass is 16.5. The van der Waals surface area contributed by atoms with Gasteiger partial charge in [0.2, 0.25) is 0 Å². The number of carbonyl (C=O) groups is 1. The summed E-state index contributed by atoms with van der Waals surface area (Å²) in [4.78, 5) is 16.6. The van der Waals surface area contributed by atoms with Crippen LogP contribution < -0.4 is 10.1 Å². The minimum Gasteiger partial charge on any atom is -0.497 e. The van der Waals surface area contributed by atoms with Gasteiger partial charge >= 0.3 is 6.03 Å². The number of hydrogen-bond acceptors (Lipinski definition) is 3. The Morgan fingerprint density at radius 3 is 2.39 bits per heavy atom. The highest BCUT2D eigenvalue weighted by Gasteiger charge is 2.20. The Balaban J connectivity index is 1.67. The van der Waals surface area contributed by atoms with Crippen LogP contribution in [0.5, 0.6) is 5.75 Å². The van der Waals surface area contributed by atoms with Crippen molar-refractivity contribution in [1.82, 2.24) is 15.1 Å². The summed E-state index contributed by atoms with van der Waals surface area (Å²) in [6, 6.07) is 8.03. The van der Waals surface area contributed by atoms with E-state index in [-0.39, 0.29) is 6.03 Å². The first-order valence-corrected chi connectivity index (χ1v) is 8.46. The highest BCUT2D eigenvalue weighted by molar-refractivity contribution is 5.74. The standard InChI is InChI=1S/C18H29N3O2/c1-15(2)14-20-10-12-21(13-11-20)18(22)19-9-8-16-4-6-17(23-3)7-5-16/h4-7,15H,8-14H2,1-3H3,(H,19,22). The summed E-state index contributed by atoms with van der Waals surface area (Å²) >= 11 is 0. The van der Waals surface area contributed by atoms with Gasteiger partial charge in [0, 0.05) is 39.3 Å². The van der Waals surface area contributed by atoms with Crippen LogP contribution >= 0.6 is 0 Å². The first kappa shape index (κ1) is 17.6. The van der Waals surface area contributed by atoms with Crippen molar-refractivity contribution in [3.8, 4) is 5.75 Å². The summed E-state index contributed by atoms with van der Waals surface area (Å²) < 4.78 is 5.14. The first-order valence-electron chi connectivity index (χ1n) is 8.46. The molecule has 1 aliphatic rings. The van der Waals surface area contributed by atoms with Gasteiger partial charge in [0.1, 0.15) is 5.75 Å². The van der Waals surface area contributed by atoms with Crippen LogP contribution in [0, 0.1) is 5.92 Å². The molecule has 5 nitrogen and oxygen atoms in total. The maximum absolute atomic E-state index is 12.2. The number of carbonyl (C=O) groups excluding carboxylic acids is 1. The Hall–Kier alpha value is -1.75. The minimum absolute atomic E-state index is 0.0581. The van der Waals surface area contributed by atoms with E-state index < -0.39 is 0 Å². The average Bonchev–Trinajstić information content (AvgIpc) is 2.55. The molecule has 128 valence electrons. The predicted octanol–water partition coefficient (Wildman–Crippen LogP) is 2.22. The smallest absolute Gasteiger partial charge is 0.317 e. The zero-order valence-corrected chi connectivity index (χ0v) is 14.5. The normalized spacial score (nSPS) is 15.7. The van der Waals surface area contributed by atoms with Crippen LogP contribution in [-0.2, 0) is 6.42 Å². The Labute approximate surface area is 139 Å². The second kappa shape index (κ2) is 8.77. The lowest BCUT2D eigenvalue weighted by atomic mass is 10.1. The van der Waals surface area contributed by atoms with Gasteiger partial charge in [-0.2, -0.15) is 0 Å². The summed E-state index contributed by atoms with van der Waals surface area (Å²) in [6.45, 7) is 9.84. The van der Waals surface area contributed by atoms with Crippen molar-refractivity contribution >= 4 is 6.03 Å². The molecule has 0 aliphatic carbocycles. The lowest BCUT2D eigenvalue weighted by Gasteiger charge is -2.35. The molecule has 0 unspecified atom stereocenters. The predicted molar refractivity (Wildman–Crippen MR) is 92.9 cm³/mol. The molecular weight excluding hydrogens is 290 g/mol. The van der Waals surface area contributed by atoms with E-state index in [1.54, 1.807) is 7.11 Å². The average molecular weight is 319 g/mol. The van der Waals surface area contributed by atoms with Crippen LogP contribution in [0.1, 0.15) is 19.4 Å². The molecule has 5 heteroatoms. The molecule has 0 radical (unpaired) electrons. The number of hydrogen-bond donors (Lipinski definition) is 1. The second-order valence-corrected chi connectivity index (χ2v) is 6.51. The van der Waals surface area contributed by atoms with Gasteiger partial charge in [0.05, 0.1) is 7.11 Å². The van der Waals surface area contributed by atoms with Crippen molar-refractivity contribution in [2.24, 2.45) is 5.92 Å². The number of ether oxygens (including phenoxy) is 1. The van der Waals surface area contributed by atoms with Gasteiger partial charge in [-0.3, -0.25) is 4.90 Å². The lowest BCUT2D eigenvalue weighted by Crippen LogP contribution is -2.52. The van der Waals surface area contributed by atoms with E-state index in [1.807, 2.05) is 29.2 Å². The van der Waals surface area contributed by atoms with E-state index >= 15 is 0 Å². The second-order valence-electron chi connectivity index (χ2n) is 6.51. The number of urea groups is 1. The first-order chi connectivity index (χ1) is 11.1. The highest BCUT2D eigenvalue weighted by Crippen LogP contribution is 2.11. The number of methoxy groups -OCH3 is 1. The fourth-order valence-electron chi connectivity index (χ4n) is 2.87. The van der Waals surface area contributed by atoms with E-state index in [0.717, 1.165) is 44.9 Å². The van der Waals surface area contributed by atoms with Crippen LogP contribution in [0.4, 0.5) is 4.79 Å². The van der Waals surface area contributed by atoms with Crippen molar-refractivity contribution in [2.45, 2.75) is 20.3 Å². The van der Waals surface area contributed by atoms with Crippen molar-refractivity contribution in [3.63, 3.8) is 0 Å². The van der Waals surface area contributed by atoms with E-state index in [1.165, 1.54) is 5.56 Å². The molecule has 1 aromatic carbocycles. The third-order valence-corrected chi connectivity index (χ3v) is 4.13. The van der Waals surface area contributed by atoms with Gasteiger partial charge in [0.15, 0.2) is 0 Å². The van der Waals surface area contributed by atoms with E-state index in [0.29, 0.717) is 12.5 Å². The maximum Gasteiger partial charge on any atom is 0.317 e. The molecule has 0 aromatic heterocycles. The van der Waals surface area contributed by atoms with Gasteiger partial charge in [-0.15, -0.1) is 0 Å². The SMILES string of the molecule is COc1ccc(CCNC(=O)N2CCN(CC(C)C)CC2)cc1. The Kier molecular flexibility index (Phi) is 6.71. The number of rotatable bonds is 6. The molecule has 0 spiro atoms. The van der Waals surface area contributed by atoms with Gasteiger partial charge < -0.3 is 15.0 Å². The molecule has 1 fully saturated rings. The third-order valence-electron chi connectivity index (χ3n) is 4.13. The summed E-state index contributed by atoms with van der Waals surface area (Å²) in [6.07, 6.45) is 0.836. The van der Waals surface area contributed by atoms with Crippen molar-refractivity contribution < 1.29 is 9.53 Å². The van der Waals surface area contributed by atoms with Crippen LogP contribution in [0.15, 0.2) is 24.3 Å². The molecule has 0 bridgehead atoms.